The molecule has 0 atom stereocenters. The number of amides is 1. The van der Waals surface area contributed by atoms with Gasteiger partial charge in [0.15, 0.2) is 5.78 Å². The number of Topliss-reactive ketones (excluding diaryl/α,β-unsaturated/α-hetero) is 1. The van der Waals surface area contributed by atoms with Crippen molar-refractivity contribution in [3.63, 3.8) is 0 Å². The normalized spacial score (nSPS) is 15.1. The summed E-state index contributed by atoms with van der Waals surface area (Å²) in [6.07, 6.45) is 1.17. The first-order valence-corrected chi connectivity index (χ1v) is 6.30. The SMILES string of the molecule is CNC(=O)c1ccc([N+](=O)[O-])c(N2CCCC(=O)C2)c1. The topological polar surface area (TPSA) is 92.5 Å². The summed E-state index contributed by atoms with van der Waals surface area (Å²) in [7, 11) is 1.49. The highest BCUT2D eigenvalue weighted by atomic mass is 16.6. The van der Waals surface area contributed by atoms with Gasteiger partial charge in [-0.05, 0) is 18.6 Å². The van der Waals surface area contributed by atoms with Gasteiger partial charge in [0.05, 0.1) is 11.5 Å². The molecule has 0 aromatic heterocycles. The van der Waals surface area contributed by atoms with E-state index in [2.05, 4.69) is 5.32 Å². The molecule has 1 aliphatic rings. The molecule has 0 aliphatic carbocycles. The zero-order valence-electron chi connectivity index (χ0n) is 11.1. The molecule has 0 radical (unpaired) electrons. The van der Waals surface area contributed by atoms with Crippen LogP contribution in [-0.2, 0) is 4.79 Å². The maximum atomic E-state index is 11.6. The molecule has 1 fully saturated rings. The second-order valence-electron chi connectivity index (χ2n) is 4.60. The van der Waals surface area contributed by atoms with Crippen LogP contribution in [0.25, 0.3) is 0 Å². The van der Waals surface area contributed by atoms with Crippen molar-refractivity contribution in [1.29, 1.82) is 0 Å². The number of ketones is 1. The molecule has 7 heteroatoms. The summed E-state index contributed by atoms with van der Waals surface area (Å²) >= 11 is 0. The highest BCUT2D eigenvalue weighted by Gasteiger charge is 2.25. The van der Waals surface area contributed by atoms with Crippen LogP contribution in [0.1, 0.15) is 23.2 Å². The van der Waals surface area contributed by atoms with E-state index in [1.807, 2.05) is 0 Å². The number of carbonyl (C=O) groups excluding carboxylic acids is 2. The van der Waals surface area contributed by atoms with Crippen molar-refractivity contribution in [2.24, 2.45) is 0 Å². The molecular formula is C13H15N3O4. The summed E-state index contributed by atoms with van der Waals surface area (Å²) in [6.45, 7) is 0.724. The Balaban J connectivity index is 2.43. The van der Waals surface area contributed by atoms with E-state index in [0.29, 0.717) is 30.6 Å². The van der Waals surface area contributed by atoms with Crippen LogP contribution in [0.3, 0.4) is 0 Å². The first kappa shape index (κ1) is 14.0. The van der Waals surface area contributed by atoms with Crippen molar-refractivity contribution in [2.45, 2.75) is 12.8 Å². The number of piperidine rings is 1. The van der Waals surface area contributed by atoms with Crippen molar-refractivity contribution >= 4 is 23.1 Å². The summed E-state index contributed by atoms with van der Waals surface area (Å²) in [4.78, 5) is 35.4. The molecule has 1 N–H and O–H groups in total. The van der Waals surface area contributed by atoms with E-state index < -0.39 is 4.92 Å². The first-order valence-electron chi connectivity index (χ1n) is 6.30. The number of nitro groups is 1. The van der Waals surface area contributed by atoms with Gasteiger partial charge in [-0.15, -0.1) is 0 Å². The van der Waals surface area contributed by atoms with Crippen LogP contribution in [0, 0.1) is 10.1 Å². The molecule has 106 valence electrons. The molecule has 1 aromatic rings. The Morgan fingerprint density at radius 1 is 1.45 bits per heavy atom. The summed E-state index contributed by atoms with van der Waals surface area (Å²) in [6, 6.07) is 4.18. The molecule has 0 bridgehead atoms. The Morgan fingerprint density at radius 3 is 2.80 bits per heavy atom. The zero-order valence-corrected chi connectivity index (χ0v) is 11.1. The number of rotatable bonds is 3. The first-order chi connectivity index (χ1) is 9.52. The molecular weight excluding hydrogens is 262 g/mol. The lowest BCUT2D eigenvalue weighted by Gasteiger charge is -2.27. The Labute approximate surface area is 115 Å². The monoisotopic (exact) mass is 277 g/mol. The molecule has 1 amide bonds. The van der Waals surface area contributed by atoms with Gasteiger partial charge in [-0.2, -0.15) is 0 Å². The van der Waals surface area contributed by atoms with Crippen LogP contribution in [0.5, 0.6) is 0 Å². The number of carbonyl (C=O) groups is 2. The second-order valence-corrected chi connectivity index (χ2v) is 4.60. The van der Waals surface area contributed by atoms with E-state index in [0.717, 1.165) is 0 Å². The van der Waals surface area contributed by atoms with E-state index in [1.54, 1.807) is 4.90 Å². The molecule has 0 spiro atoms. The van der Waals surface area contributed by atoms with Crippen LogP contribution < -0.4 is 10.2 Å². The average molecular weight is 277 g/mol. The largest absolute Gasteiger partial charge is 0.359 e. The molecule has 1 saturated heterocycles. The van der Waals surface area contributed by atoms with E-state index >= 15 is 0 Å². The second kappa shape index (κ2) is 5.68. The fourth-order valence-corrected chi connectivity index (χ4v) is 2.26. The molecule has 0 saturated carbocycles. The molecule has 2 rings (SSSR count). The molecule has 7 nitrogen and oxygen atoms in total. The van der Waals surface area contributed by atoms with Gasteiger partial charge >= 0.3 is 0 Å². The number of anilines is 1. The van der Waals surface area contributed by atoms with Gasteiger partial charge in [0.1, 0.15) is 5.69 Å². The summed E-state index contributed by atoms with van der Waals surface area (Å²) in [5.74, 6) is -0.264. The minimum atomic E-state index is -0.498. The summed E-state index contributed by atoms with van der Waals surface area (Å²) in [5, 5.41) is 13.6. The lowest BCUT2D eigenvalue weighted by Crippen LogP contribution is -2.36. The number of nitrogens with zero attached hydrogens (tertiary/aromatic N) is 2. The third kappa shape index (κ3) is 2.76. The Kier molecular flexibility index (Phi) is 3.97. The molecule has 0 unspecified atom stereocenters. The van der Waals surface area contributed by atoms with Crippen molar-refractivity contribution in [2.75, 3.05) is 25.0 Å². The van der Waals surface area contributed by atoms with Gasteiger partial charge in [-0.3, -0.25) is 19.7 Å². The standard InChI is InChI=1S/C13H15N3O4/c1-14-13(18)9-4-5-11(16(19)20)12(7-9)15-6-2-3-10(17)8-15/h4-5,7H,2-3,6,8H2,1H3,(H,14,18). The van der Waals surface area contributed by atoms with Gasteiger partial charge in [0, 0.05) is 31.6 Å². The van der Waals surface area contributed by atoms with E-state index in [9.17, 15) is 19.7 Å². The van der Waals surface area contributed by atoms with Gasteiger partial charge in [0.2, 0.25) is 0 Å². The van der Waals surface area contributed by atoms with Gasteiger partial charge in [-0.1, -0.05) is 0 Å². The maximum absolute atomic E-state index is 11.6. The Hall–Kier alpha value is -2.44. The fourth-order valence-electron chi connectivity index (χ4n) is 2.26. The fraction of sp³-hybridized carbons (Fsp3) is 0.385. The zero-order chi connectivity index (χ0) is 14.7. The number of nitro benzene ring substituents is 1. The summed E-state index contributed by atoms with van der Waals surface area (Å²) in [5.41, 5.74) is 0.572. The van der Waals surface area contributed by atoms with Gasteiger partial charge < -0.3 is 10.2 Å². The third-order valence-electron chi connectivity index (χ3n) is 3.25. The minimum Gasteiger partial charge on any atom is -0.359 e. The number of hydrogen-bond donors (Lipinski definition) is 1. The molecule has 1 heterocycles. The van der Waals surface area contributed by atoms with Gasteiger partial charge in [0.25, 0.3) is 11.6 Å². The highest BCUT2D eigenvalue weighted by molar-refractivity contribution is 5.96. The van der Waals surface area contributed by atoms with Crippen LogP contribution in [0.4, 0.5) is 11.4 Å². The Bertz CT molecular complexity index is 571. The molecule has 1 aromatic carbocycles. The van der Waals surface area contributed by atoms with Crippen molar-refractivity contribution < 1.29 is 14.5 Å². The van der Waals surface area contributed by atoms with Crippen LogP contribution >= 0.6 is 0 Å². The Morgan fingerprint density at radius 2 is 2.20 bits per heavy atom. The number of benzene rings is 1. The van der Waals surface area contributed by atoms with Crippen molar-refractivity contribution in [1.82, 2.24) is 5.32 Å². The van der Waals surface area contributed by atoms with Crippen molar-refractivity contribution in [3.8, 4) is 0 Å². The molecule has 20 heavy (non-hydrogen) atoms. The molecule has 1 aliphatic heterocycles. The number of hydrogen-bond acceptors (Lipinski definition) is 5. The maximum Gasteiger partial charge on any atom is 0.292 e. The third-order valence-corrected chi connectivity index (χ3v) is 3.25. The smallest absolute Gasteiger partial charge is 0.292 e. The summed E-state index contributed by atoms with van der Waals surface area (Å²) < 4.78 is 0. The average Bonchev–Trinajstić information content (AvgIpc) is 2.45. The highest BCUT2D eigenvalue weighted by Crippen LogP contribution is 2.30. The van der Waals surface area contributed by atoms with E-state index in [4.69, 9.17) is 0 Å². The number of nitrogens with one attached hydrogen (secondary N) is 1. The predicted molar refractivity (Wildman–Crippen MR) is 72.9 cm³/mol. The lowest BCUT2D eigenvalue weighted by molar-refractivity contribution is -0.384. The van der Waals surface area contributed by atoms with E-state index in [-0.39, 0.29) is 23.9 Å². The lowest BCUT2D eigenvalue weighted by atomic mass is 10.1. The van der Waals surface area contributed by atoms with Crippen LogP contribution in [0.15, 0.2) is 18.2 Å². The van der Waals surface area contributed by atoms with E-state index in [1.165, 1.54) is 25.2 Å². The quantitative estimate of drug-likeness (QED) is 0.660. The van der Waals surface area contributed by atoms with Gasteiger partial charge in [-0.25, -0.2) is 0 Å². The van der Waals surface area contributed by atoms with Crippen molar-refractivity contribution in [3.05, 3.63) is 33.9 Å². The minimum absolute atomic E-state index is 0.0518. The van der Waals surface area contributed by atoms with Crippen LogP contribution in [0.2, 0.25) is 0 Å². The van der Waals surface area contributed by atoms with Crippen LogP contribution in [-0.4, -0.2) is 36.8 Å². The predicted octanol–water partition coefficient (Wildman–Crippen LogP) is 1.12.